The SMILES string of the molecule is CCOc1ccccc1N1C(=O)/C(=C\c2sccc2C)NC1=S. The molecule has 0 atom stereocenters. The summed E-state index contributed by atoms with van der Waals surface area (Å²) >= 11 is 6.94. The summed E-state index contributed by atoms with van der Waals surface area (Å²) in [6.07, 6.45) is 1.85. The zero-order valence-corrected chi connectivity index (χ0v) is 14.5. The number of carbonyl (C=O) groups is 1. The van der Waals surface area contributed by atoms with Crippen LogP contribution in [0.25, 0.3) is 6.08 Å². The van der Waals surface area contributed by atoms with Gasteiger partial charge in [0.2, 0.25) is 0 Å². The number of ether oxygens (including phenoxy) is 1. The number of amides is 1. The molecule has 4 nitrogen and oxygen atoms in total. The van der Waals surface area contributed by atoms with Crippen LogP contribution in [0.5, 0.6) is 5.75 Å². The average molecular weight is 344 g/mol. The Morgan fingerprint density at radius 2 is 2.13 bits per heavy atom. The molecule has 23 heavy (non-hydrogen) atoms. The van der Waals surface area contributed by atoms with Crippen LogP contribution in [0, 0.1) is 6.92 Å². The summed E-state index contributed by atoms with van der Waals surface area (Å²) in [5.74, 6) is 0.469. The zero-order valence-electron chi connectivity index (χ0n) is 12.8. The van der Waals surface area contributed by atoms with Gasteiger partial charge in [0.05, 0.1) is 12.3 Å². The third-order valence-corrected chi connectivity index (χ3v) is 4.71. The Hall–Kier alpha value is -2.18. The van der Waals surface area contributed by atoms with E-state index in [0.29, 0.717) is 28.9 Å². The van der Waals surface area contributed by atoms with E-state index in [2.05, 4.69) is 5.32 Å². The number of carbonyl (C=O) groups excluding carboxylic acids is 1. The number of thiocarbonyl (C=S) groups is 1. The van der Waals surface area contributed by atoms with Crippen molar-refractivity contribution < 1.29 is 9.53 Å². The van der Waals surface area contributed by atoms with Gasteiger partial charge in [-0.2, -0.15) is 0 Å². The number of nitrogens with one attached hydrogen (secondary N) is 1. The molecule has 1 fully saturated rings. The summed E-state index contributed by atoms with van der Waals surface area (Å²) in [5.41, 5.74) is 2.27. The summed E-state index contributed by atoms with van der Waals surface area (Å²) in [7, 11) is 0. The van der Waals surface area contributed by atoms with Gasteiger partial charge in [-0.1, -0.05) is 12.1 Å². The molecule has 0 spiro atoms. The summed E-state index contributed by atoms with van der Waals surface area (Å²) in [6, 6.07) is 9.42. The first-order valence-electron chi connectivity index (χ1n) is 7.25. The van der Waals surface area contributed by atoms with Gasteiger partial charge in [-0.05, 0) is 61.3 Å². The van der Waals surface area contributed by atoms with E-state index in [1.807, 2.05) is 55.6 Å². The van der Waals surface area contributed by atoms with E-state index in [9.17, 15) is 4.79 Å². The fourth-order valence-electron chi connectivity index (χ4n) is 2.34. The molecule has 3 rings (SSSR count). The zero-order chi connectivity index (χ0) is 16.4. The third kappa shape index (κ3) is 3.00. The van der Waals surface area contributed by atoms with E-state index >= 15 is 0 Å². The van der Waals surface area contributed by atoms with Crippen LogP contribution in [0.4, 0.5) is 5.69 Å². The minimum Gasteiger partial charge on any atom is -0.492 e. The van der Waals surface area contributed by atoms with Crippen LogP contribution < -0.4 is 15.0 Å². The highest BCUT2D eigenvalue weighted by Gasteiger charge is 2.33. The molecular weight excluding hydrogens is 328 g/mol. The van der Waals surface area contributed by atoms with E-state index in [1.165, 1.54) is 4.90 Å². The molecule has 1 aliphatic heterocycles. The molecule has 0 saturated carbocycles. The summed E-state index contributed by atoms with van der Waals surface area (Å²) < 4.78 is 5.61. The van der Waals surface area contributed by atoms with Crippen LogP contribution in [-0.2, 0) is 4.79 Å². The predicted molar refractivity (Wildman–Crippen MR) is 97.9 cm³/mol. The van der Waals surface area contributed by atoms with Crippen molar-refractivity contribution in [1.82, 2.24) is 5.32 Å². The van der Waals surface area contributed by atoms with Crippen LogP contribution in [-0.4, -0.2) is 17.6 Å². The van der Waals surface area contributed by atoms with E-state index < -0.39 is 0 Å². The van der Waals surface area contributed by atoms with Gasteiger partial charge in [0, 0.05) is 4.88 Å². The Kier molecular flexibility index (Phi) is 4.45. The number of thiophene rings is 1. The number of hydrogen-bond donors (Lipinski definition) is 1. The average Bonchev–Trinajstić information content (AvgIpc) is 3.05. The Morgan fingerprint density at radius 3 is 2.83 bits per heavy atom. The van der Waals surface area contributed by atoms with Gasteiger partial charge in [0.15, 0.2) is 5.11 Å². The van der Waals surface area contributed by atoms with Crippen molar-refractivity contribution in [3.63, 3.8) is 0 Å². The molecule has 0 bridgehead atoms. The van der Waals surface area contributed by atoms with Gasteiger partial charge >= 0.3 is 0 Å². The number of para-hydroxylation sites is 2. The largest absolute Gasteiger partial charge is 0.492 e. The monoisotopic (exact) mass is 344 g/mol. The number of benzene rings is 1. The molecule has 1 aromatic heterocycles. The molecule has 0 aliphatic carbocycles. The molecular formula is C17H16N2O2S2. The highest BCUT2D eigenvalue weighted by molar-refractivity contribution is 7.80. The maximum absolute atomic E-state index is 12.8. The van der Waals surface area contributed by atoms with Crippen molar-refractivity contribution in [2.75, 3.05) is 11.5 Å². The lowest BCUT2D eigenvalue weighted by molar-refractivity contribution is -0.113. The molecule has 0 radical (unpaired) electrons. The highest BCUT2D eigenvalue weighted by Crippen LogP contribution is 2.32. The molecule has 1 N–H and O–H groups in total. The van der Waals surface area contributed by atoms with Gasteiger partial charge < -0.3 is 10.1 Å². The van der Waals surface area contributed by atoms with Crippen molar-refractivity contribution in [2.45, 2.75) is 13.8 Å². The quantitative estimate of drug-likeness (QED) is 0.678. The number of aryl methyl sites for hydroxylation is 1. The second-order valence-electron chi connectivity index (χ2n) is 5.00. The topological polar surface area (TPSA) is 41.6 Å². The summed E-state index contributed by atoms with van der Waals surface area (Å²) in [4.78, 5) is 15.3. The molecule has 0 unspecified atom stereocenters. The maximum Gasteiger partial charge on any atom is 0.281 e. The lowest BCUT2D eigenvalue weighted by Crippen LogP contribution is -2.30. The predicted octanol–water partition coefficient (Wildman–Crippen LogP) is 3.72. The molecule has 2 heterocycles. The summed E-state index contributed by atoms with van der Waals surface area (Å²) in [6.45, 7) is 4.45. The van der Waals surface area contributed by atoms with Crippen LogP contribution >= 0.6 is 23.6 Å². The fraction of sp³-hybridized carbons (Fsp3) is 0.176. The number of rotatable bonds is 4. The van der Waals surface area contributed by atoms with Crippen molar-refractivity contribution in [3.8, 4) is 5.75 Å². The lowest BCUT2D eigenvalue weighted by Gasteiger charge is -2.17. The van der Waals surface area contributed by atoms with E-state index in [1.54, 1.807) is 11.3 Å². The lowest BCUT2D eigenvalue weighted by atomic mass is 10.2. The van der Waals surface area contributed by atoms with Crippen LogP contribution in [0.1, 0.15) is 17.4 Å². The maximum atomic E-state index is 12.8. The first kappa shape index (κ1) is 15.7. The van der Waals surface area contributed by atoms with Gasteiger partial charge in [-0.25, -0.2) is 4.90 Å². The number of nitrogens with zero attached hydrogens (tertiary/aromatic N) is 1. The molecule has 118 valence electrons. The van der Waals surface area contributed by atoms with Crippen molar-refractivity contribution >= 4 is 46.3 Å². The van der Waals surface area contributed by atoms with Crippen LogP contribution in [0.2, 0.25) is 0 Å². The minimum absolute atomic E-state index is 0.171. The van der Waals surface area contributed by atoms with Crippen molar-refractivity contribution in [2.24, 2.45) is 0 Å². The second-order valence-corrected chi connectivity index (χ2v) is 6.33. The number of anilines is 1. The van der Waals surface area contributed by atoms with E-state index in [0.717, 1.165) is 10.4 Å². The van der Waals surface area contributed by atoms with Crippen LogP contribution in [0.3, 0.4) is 0 Å². The Balaban J connectivity index is 1.97. The standard InChI is InChI=1S/C17H16N2O2S2/c1-3-21-14-7-5-4-6-13(14)19-16(20)12(18-17(19)22)10-15-11(2)8-9-23-15/h4-10H,3H2,1-2H3,(H,18,22)/b12-10+. The molecule has 1 saturated heterocycles. The smallest absolute Gasteiger partial charge is 0.281 e. The second kappa shape index (κ2) is 6.52. The van der Waals surface area contributed by atoms with Gasteiger partial charge in [0.1, 0.15) is 11.4 Å². The normalized spacial score (nSPS) is 16.1. The summed E-state index contributed by atoms with van der Waals surface area (Å²) in [5, 5.41) is 5.37. The Bertz CT molecular complexity index is 795. The van der Waals surface area contributed by atoms with E-state index in [4.69, 9.17) is 17.0 Å². The Morgan fingerprint density at radius 1 is 1.35 bits per heavy atom. The van der Waals surface area contributed by atoms with Gasteiger partial charge in [-0.3, -0.25) is 4.79 Å². The van der Waals surface area contributed by atoms with Crippen LogP contribution in [0.15, 0.2) is 41.4 Å². The van der Waals surface area contributed by atoms with Crippen molar-refractivity contribution in [1.29, 1.82) is 0 Å². The molecule has 2 aromatic rings. The molecule has 6 heteroatoms. The minimum atomic E-state index is -0.171. The van der Waals surface area contributed by atoms with Gasteiger partial charge in [-0.15, -0.1) is 11.3 Å². The highest BCUT2D eigenvalue weighted by atomic mass is 32.1. The molecule has 1 aromatic carbocycles. The van der Waals surface area contributed by atoms with Crippen molar-refractivity contribution in [3.05, 3.63) is 51.8 Å². The third-order valence-electron chi connectivity index (χ3n) is 3.46. The first-order valence-corrected chi connectivity index (χ1v) is 8.53. The first-order chi connectivity index (χ1) is 11.1. The molecule has 1 aliphatic rings. The molecule has 1 amide bonds. The number of hydrogen-bond acceptors (Lipinski definition) is 4. The van der Waals surface area contributed by atoms with Gasteiger partial charge in [0.25, 0.3) is 5.91 Å². The fourth-order valence-corrected chi connectivity index (χ4v) is 3.49. The Labute approximate surface area is 144 Å². The van der Waals surface area contributed by atoms with E-state index in [-0.39, 0.29) is 5.91 Å².